The molecule has 0 unspecified atom stereocenters. The van der Waals surface area contributed by atoms with Crippen molar-refractivity contribution in [2.24, 2.45) is 4.99 Å². The maximum Gasteiger partial charge on any atom is 0.434 e. The van der Waals surface area contributed by atoms with Gasteiger partial charge in [0.25, 0.3) is 0 Å². The van der Waals surface area contributed by atoms with E-state index in [1.807, 2.05) is 13.8 Å². The van der Waals surface area contributed by atoms with Crippen molar-refractivity contribution in [2.75, 3.05) is 27.4 Å². The molecule has 0 spiro atoms. The third kappa shape index (κ3) is 7.91. The molecule has 0 bridgehead atoms. The second-order valence-electron chi connectivity index (χ2n) is 5.94. The lowest BCUT2D eigenvalue weighted by atomic mass is 10.2. The van der Waals surface area contributed by atoms with E-state index in [1.165, 1.54) is 0 Å². The summed E-state index contributed by atoms with van der Waals surface area (Å²) in [5, 5.41) is 7.37. The molecule has 0 radical (unpaired) electrons. The number of thiazole rings is 1. The summed E-state index contributed by atoms with van der Waals surface area (Å²) in [6.07, 6.45) is -4.45. The molecule has 31 heavy (non-hydrogen) atoms. The van der Waals surface area contributed by atoms with E-state index in [2.05, 4.69) is 20.6 Å². The fourth-order valence-corrected chi connectivity index (χ4v) is 3.25. The first kappa shape index (κ1) is 27.1. The lowest BCUT2D eigenvalue weighted by Gasteiger charge is -2.15. The second-order valence-corrected chi connectivity index (χ2v) is 6.88. The predicted octanol–water partition coefficient (Wildman–Crippen LogP) is 4.45. The number of hydrogen-bond acceptors (Lipinski definition) is 6. The number of alkyl halides is 3. The first-order valence-electron chi connectivity index (χ1n) is 9.23. The van der Waals surface area contributed by atoms with Gasteiger partial charge in [-0.15, -0.1) is 35.3 Å². The van der Waals surface area contributed by atoms with Crippen LogP contribution >= 0.6 is 35.3 Å². The summed E-state index contributed by atoms with van der Waals surface area (Å²) < 4.78 is 54.4. The molecule has 1 aromatic carbocycles. The van der Waals surface area contributed by atoms with Crippen molar-refractivity contribution < 1.29 is 27.4 Å². The number of methoxy groups -OCH3 is 2. The van der Waals surface area contributed by atoms with Crippen LogP contribution in [0.15, 0.2) is 22.5 Å². The Morgan fingerprint density at radius 1 is 1.13 bits per heavy atom. The van der Waals surface area contributed by atoms with Crippen molar-refractivity contribution in [1.29, 1.82) is 0 Å². The molecule has 0 saturated carbocycles. The van der Waals surface area contributed by atoms with E-state index in [9.17, 15) is 13.2 Å². The first-order valence-corrected chi connectivity index (χ1v) is 10.1. The summed E-state index contributed by atoms with van der Waals surface area (Å²) in [5.41, 5.74) is -0.0715. The minimum absolute atomic E-state index is 0. The largest absolute Gasteiger partial charge is 0.493 e. The minimum atomic E-state index is -4.45. The second kappa shape index (κ2) is 12.8. The standard InChI is InChI=1S/C19H25F3N4O3S.HI/c1-5-23-18(25-10-16-26-15(11-30-16)19(20,21)22)24-9-12-7-13(27-3)17(29-6-2)14(8-12)28-4;/h7-8,11H,5-6,9-10H2,1-4H3,(H2,23,24,25);1H. The van der Waals surface area contributed by atoms with E-state index < -0.39 is 11.9 Å². The van der Waals surface area contributed by atoms with Crippen LogP contribution in [0.4, 0.5) is 13.2 Å². The number of nitrogens with one attached hydrogen (secondary N) is 2. The molecule has 0 fully saturated rings. The molecule has 2 aromatic rings. The van der Waals surface area contributed by atoms with Crippen molar-refractivity contribution >= 4 is 41.3 Å². The van der Waals surface area contributed by atoms with Gasteiger partial charge in [0, 0.05) is 11.9 Å². The van der Waals surface area contributed by atoms with E-state index in [0.717, 1.165) is 22.3 Å². The zero-order valence-corrected chi connectivity index (χ0v) is 20.8. The lowest BCUT2D eigenvalue weighted by molar-refractivity contribution is -0.140. The Morgan fingerprint density at radius 2 is 1.77 bits per heavy atom. The van der Waals surface area contributed by atoms with Crippen molar-refractivity contribution in [3.8, 4) is 17.2 Å². The number of benzene rings is 1. The fraction of sp³-hybridized carbons (Fsp3) is 0.474. The number of aliphatic imine (C=N–C) groups is 1. The fourth-order valence-electron chi connectivity index (χ4n) is 2.51. The van der Waals surface area contributed by atoms with Crippen LogP contribution in [0.2, 0.25) is 0 Å². The Kier molecular flexibility index (Phi) is 11.2. The van der Waals surface area contributed by atoms with Crippen LogP contribution in [0, 0.1) is 0 Å². The van der Waals surface area contributed by atoms with Crippen molar-refractivity contribution in [3.63, 3.8) is 0 Å². The highest BCUT2D eigenvalue weighted by atomic mass is 127. The summed E-state index contributed by atoms with van der Waals surface area (Å²) in [6.45, 7) is 5.23. The molecule has 12 heteroatoms. The summed E-state index contributed by atoms with van der Waals surface area (Å²) in [6, 6.07) is 3.61. The van der Waals surface area contributed by atoms with Crippen LogP contribution < -0.4 is 24.8 Å². The van der Waals surface area contributed by atoms with E-state index in [0.29, 0.717) is 47.9 Å². The van der Waals surface area contributed by atoms with E-state index in [4.69, 9.17) is 14.2 Å². The summed E-state index contributed by atoms with van der Waals surface area (Å²) in [7, 11) is 3.08. The number of ether oxygens (including phenoxy) is 3. The summed E-state index contributed by atoms with van der Waals surface area (Å²) in [5.74, 6) is 2.03. The van der Waals surface area contributed by atoms with Crippen molar-refractivity contribution in [2.45, 2.75) is 33.1 Å². The monoisotopic (exact) mass is 574 g/mol. The molecule has 2 N–H and O–H groups in total. The van der Waals surface area contributed by atoms with E-state index in [-0.39, 0.29) is 30.5 Å². The molecule has 1 heterocycles. The highest BCUT2D eigenvalue weighted by molar-refractivity contribution is 14.0. The molecule has 0 aliphatic carbocycles. The van der Waals surface area contributed by atoms with Gasteiger partial charge in [-0.2, -0.15) is 13.2 Å². The van der Waals surface area contributed by atoms with Crippen LogP contribution in [-0.4, -0.2) is 38.3 Å². The number of rotatable bonds is 9. The number of hydrogen-bond donors (Lipinski definition) is 2. The molecule has 2 rings (SSSR count). The summed E-state index contributed by atoms with van der Waals surface area (Å²) >= 11 is 0.944. The van der Waals surface area contributed by atoms with Gasteiger partial charge in [-0.3, -0.25) is 0 Å². The molecule has 0 amide bonds. The predicted molar refractivity (Wildman–Crippen MR) is 125 cm³/mol. The van der Waals surface area contributed by atoms with Crippen molar-refractivity contribution in [3.05, 3.63) is 33.8 Å². The Balaban J connectivity index is 0.00000480. The maximum atomic E-state index is 12.7. The van der Waals surface area contributed by atoms with Gasteiger partial charge in [0.2, 0.25) is 5.75 Å². The Hall–Kier alpha value is -1.96. The molecule has 0 aliphatic rings. The van der Waals surface area contributed by atoms with Gasteiger partial charge in [-0.1, -0.05) is 0 Å². The molecular weight excluding hydrogens is 548 g/mol. The van der Waals surface area contributed by atoms with Gasteiger partial charge >= 0.3 is 6.18 Å². The normalized spacial score (nSPS) is 11.5. The third-order valence-corrected chi connectivity index (χ3v) is 4.67. The molecule has 0 saturated heterocycles. The molecule has 1 aromatic heterocycles. The lowest BCUT2D eigenvalue weighted by Crippen LogP contribution is -2.36. The topological polar surface area (TPSA) is 77.0 Å². The number of aromatic nitrogens is 1. The SMILES string of the molecule is CCNC(=NCc1cc(OC)c(OCC)c(OC)c1)NCc1nc(C(F)(F)F)cs1.I. The molecule has 7 nitrogen and oxygen atoms in total. The number of nitrogens with zero attached hydrogens (tertiary/aromatic N) is 2. The van der Waals surface area contributed by atoms with Crippen molar-refractivity contribution in [1.82, 2.24) is 15.6 Å². The minimum Gasteiger partial charge on any atom is -0.493 e. The first-order chi connectivity index (χ1) is 14.3. The van der Waals surface area contributed by atoms with Gasteiger partial charge in [0.15, 0.2) is 23.2 Å². The molecular formula is C19H26F3IN4O3S. The van der Waals surface area contributed by atoms with Gasteiger partial charge in [-0.25, -0.2) is 9.98 Å². The molecule has 174 valence electrons. The quantitative estimate of drug-likeness (QED) is 0.262. The Labute approximate surface area is 200 Å². The molecule has 0 aliphatic heterocycles. The smallest absolute Gasteiger partial charge is 0.434 e. The van der Waals surface area contributed by atoms with E-state index in [1.54, 1.807) is 26.4 Å². The van der Waals surface area contributed by atoms with E-state index >= 15 is 0 Å². The number of guanidine groups is 1. The van der Waals surface area contributed by atoms with Gasteiger partial charge in [0.05, 0.1) is 33.9 Å². The average Bonchev–Trinajstić information content (AvgIpc) is 3.20. The average molecular weight is 574 g/mol. The highest BCUT2D eigenvalue weighted by Crippen LogP contribution is 2.38. The maximum absolute atomic E-state index is 12.7. The third-order valence-electron chi connectivity index (χ3n) is 3.82. The molecule has 0 atom stereocenters. The van der Waals surface area contributed by atoms with Crippen LogP contribution in [0.1, 0.15) is 30.1 Å². The number of halogens is 4. The highest BCUT2D eigenvalue weighted by Gasteiger charge is 2.33. The zero-order valence-electron chi connectivity index (χ0n) is 17.6. The Morgan fingerprint density at radius 3 is 2.26 bits per heavy atom. The van der Waals surface area contributed by atoms with Crippen LogP contribution in [0.3, 0.4) is 0 Å². The summed E-state index contributed by atoms with van der Waals surface area (Å²) in [4.78, 5) is 8.08. The van der Waals surface area contributed by atoms with Gasteiger partial charge in [-0.05, 0) is 31.5 Å². The van der Waals surface area contributed by atoms with Gasteiger partial charge < -0.3 is 24.8 Å². The van der Waals surface area contributed by atoms with Gasteiger partial charge in [0.1, 0.15) is 5.01 Å². The van der Waals surface area contributed by atoms with Crippen LogP contribution in [-0.2, 0) is 19.3 Å². The Bertz CT molecular complexity index is 837. The van der Waals surface area contributed by atoms with Crippen LogP contribution in [0.25, 0.3) is 0 Å². The van der Waals surface area contributed by atoms with Crippen LogP contribution in [0.5, 0.6) is 17.2 Å². The zero-order chi connectivity index (χ0) is 22.1.